The zero-order chi connectivity index (χ0) is 15.5. The number of hydrogen-bond donors (Lipinski definition) is 1. The number of benzene rings is 1. The molecule has 1 aromatic heterocycles. The van der Waals surface area contributed by atoms with E-state index in [2.05, 4.69) is 4.98 Å². The third-order valence-corrected chi connectivity index (χ3v) is 2.54. The van der Waals surface area contributed by atoms with Crippen molar-refractivity contribution in [2.75, 3.05) is 0 Å². The van der Waals surface area contributed by atoms with Crippen LogP contribution in [-0.4, -0.2) is 16.1 Å². The Morgan fingerprint density at radius 1 is 1.24 bits per heavy atom. The Morgan fingerprint density at radius 3 is 2.67 bits per heavy atom. The van der Waals surface area contributed by atoms with Crippen molar-refractivity contribution in [3.63, 3.8) is 0 Å². The number of rotatable bonds is 4. The van der Waals surface area contributed by atoms with E-state index in [1.807, 2.05) is 0 Å². The van der Waals surface area contributed by atoms with Gasteiger partial charge in [0.05, 0.1) is 6.42 Å². The maximum absolute atomic E-state index is 12.8. The molecule has 0 bridgehead atoms. The van der Waals surface area contributed by atoms with Crippen LogP contribution in [0.1, 0.15) is 11.1 Å². The lowest BCUT2D eigenvalue weighted by Gasteiger charge is -2.12. The Kier molecular flexibility index (Phi) is 4.11. The highest BCUT2D eigenvalue weighted by Crippen LogP contribution is 2.36. The van der Waals surface area contributed by atoms with E-state index in [9.17, 15) is 18.0 Å². The highest BCUT2D eigenvalue weighted by atomic mass is 19.4. The van der Waals surface area contributed by atoms with E-state index in [4.69, 9.17) is 9.84 Å². The van der Waals surface area contributed by atoms with Crippen LogP contribution >= 0.6 is 0 Å². The number of carbonyl (C=O) groups is 1. The summed E-state index contributed by atoms with van der Waals surface area (Å²) in [5, 5.41) is 8.70. The van der Waals surface area contributed by atoms with Gasteiger partial charge in [0.25, 0.3) is 0 Å². The SMILES string of the molecule is O=C(O)Cc1cccc(Oc2ncccc2C(F)(F)F)c1. The molecule has 0 spiro atoms. The van der Waals surface area contributed by atoms with Crippen molar-refractivity contribution in [1.29, 1.82) is 0 Å². The zero-order valence-electron chi connectivity index (χ0n) is 10.6. The molecule has 0 fully saturated rings. The van der Waals surface area contributed by atoms with Gasteiger partial charge in [-0.05, 0) is 29.8 Å². The predicted molar refractivity (Wildman–Crippen MR) is 67.1 cm³/mol. The topological polar surface area (TPSA) is 59.4 Å². The normalized spacial score (nSPS) is 11.2. The number of aliphatic carboxylic acids is 1. The van der Waals surface area contributed by atoms with Gasteiger partial charge in [-0.2, -0.15) is 13.2 Å². The lowest BCUT2D eigenvalue weighted by atomic mass is 10.1. The Hall–Kier alpha value is -2.57. The fraction of sp³-hybridized carbons (Fsp3) is 0.143. The predicted octanol–water partition coefficient (Wildman–Crippen LogP) is 3.52. The summed E-state index contributed by atoms with van der Waals surface area (Å²) in [7, 11) is 0. The molecule has 0 unspecified atom stereocenters. The third-order valence-electron chi connectivity index (χ3n) is 2.54. The first kappa shape index (κ1) is 14.8. The summed E-state index contributed by atoms with van der Waals surface area (Å²) in [6, 6.07) is 7.87. The number of hydrogen-bond acceptors (Lipinski definition) is 3. The van der Waals surface area contributed by atoms with Gasteiger partial charge >= 0.3 is 12.1 Å². The van der Waals surface area contributed by atoms with Crippen LogP contribution in [0.25, 0.3) is 0 Å². The molecule has 1 N–H and O–H groups in total. The molecule has 0 amide bonds. The van der Waals surface area contributed by atoms with Crippen LogP contribution in [0.4, 0.5) is 13.2 Å². The Labute approximate surface area is 117 Å². The van der Waals surface area contributed by atoms with E-state index in [1.54, 1.807) is 6.07 Å². The minimum atomic E-state index is -4.58. The van der Waals surface area contributed by atoms with Crippen molar-refractivity contribution < 1.29 is 27.8 Å². The van der Waals surface area contributed by atoms with Gasteiger partial charge < -0.3 is 9.84 Å². The van der Waals surface area contributed by atoms with E-state index in [0.717, 1.165) is 12.1 Å². The largest absolute Gasteiger partial charge is 0.481 e. The number of aromatic nitrogens is 1. The number of ether oxygens (including phenoxy) is 1. The molecule has 110 valence electrons. The summed E-state index contributed by atoms with van der Waals surface area (Å²) in [5.74, 6) is -1.52. The molecule has 1 heterocycles. The van der Waals surface area contributed by atoms with E-state index in [-0.39, 0.29) is 12.2 Å². The fourth-order valence-electron chi connectivity index (χ4n) is 1.69. The van der Waals surface area contributed by atoms with Gasteiger partial charge in [-0.3, -0.25) is 4.79 Å². The number of pyridine rings is 1. The zero-order valence-corrected chi connectivity index (χ0v) is 10.6. The summed E-state index contributed by atoms with van der Waals surface area (Å²) in [5.41, 5.74) is -0.571. The molecular formula is C14H10F3NO3. The fourth-order valence-corrected chi connectivity index (χ4v) is 1.69. The van der Waals surface area contributed by atoms with Crippen LogP contribution in [0.15, 0.2) is 42.6 Å². The molecule has 4 nitrogen and oxygen atoms in total. The lowest BCUT2D eigenvalue weighted by molar-refractivity contribution is -0.139. The highest BCUT2D eigenvalue weighted by molar-refractivity contribution is 5.70. The maximum Gasteiger partial charge on any atom is 0.421 e. The number of alkyl halides is 3. The summed E-state index contributed by atoms with van der Waals surface area (Å²) in [6.07, 6.45) is -3.64. The molecule has 0 radical (unpaired) electrons. The molecule has 2 aromatic rings. The molecule has 21 heavy (non-hydrogen) atoms. The van der Waals surface area contributed by atoms with Gasteiger partial charge in [-0.1, -0.05) is 12.1 Å². The van der Waals surface area contributed by atoms with Crippen molar-refractivity contribution in [1.82, 2.24) is 4.98 Å². The van der Waals surface area contributed by atoms with E-state index in [0.29, 0.717) is 5.56 Å². The second-order valence-electron chi connectivity index (χ2n) is 4.17. The summed E-state index contributed by atoms with van der Waals surface area (Å²) in [6.45, 7) is 0. The molecule has 0 saturated carbocycles. The van der Waals surface area contributed by atoms with Gasteiger partial charge in [0.15, 0.2) is 0 Å². The first-order chi connectivity index (χ1) is 9.86. The number of halogens is 3. The van der Waals surface area contributed by atoms with Crippen molar-refractivity contribution in [2.45, 2.75) is 12.6 Å². The molecule has 0 aliphatic rings. The van der Waals surface area contributed by atoms with Gasteiger partial charge in [0, 0.05) is 6.20 Å². The number of nitrogens with zero attached hydrogens (tertiary/aromatic N) is 1. The van der Waals surface area contributed by atoms with Crippen LogP contribution in [0.5, 0.6) is 11.6 Å². The second kappa shape index (κ2) is 5.82. The van der Waals surface area contributed by atoms with E-state index >= 15 is 0 Å². The quantitative estimate of drug-likeness (QED) is 0.938. The standard InChI is InChI=1S/C14H10F3NO3/c15-14(16,17)11-5-2-6-18-13(11)21-10-4-1-3-9(7-10)8-12(19)20/h1-7H,8H2,(H,19,20). The monoisotopic (exact) mass is 297 g/mol. The van der Waals surface area contributed by atoms with E-state index < -0.39 is 23.6 Å². The maximum atomic E-state index is 12.8. The Bertz CT molecular complexity index is 656. The Morgan fingerprint density at radius 2 is 2.00 bits per heavy atom. The summed E-state index contributed by atoms with van der Waals surface area (Å²) < 4.78 is 43.5. The van der Waals surface area contributed by atoms with Crippen molar-refractivity contribution in [2.24, 2.45) is 0 Å². The smallest absolute Gasteiger partial charge is 0.421 e. The van der Waals surface area contributed by atoms with Crippen molar-refractivity contribution in [3.05, 3.63) is 53.7 Å². The van der Waals surface area contributed by atoms with Crippen LogP contribution in [0.3, 0.4) is 0 Å². The first-order valence-corrected chi connectivity index (χ1v) is 5.87. The van der Waals surface area contributed by atoms with Crippen molar-refractivity contribution in [3.8, 4) is 11.6 Å². The molecule has 0 atom stereocenters. The molecule has 2 rings (SSSR count). The van der Waals surface area contributed by atoms with Crippen LogP contribution in [0, 0.1) is 0 Å². The average Bonchev–Trinajstić information content (AvgIpc) is 2.37. The summed E-state index contributed by atoms with van der Waals surface area (Å²) >= 11 is 0. The molecule has 0 saturated heterocycles. The second-order valence-corrected chi connectivity index (χ2v) is 4.17. The van der Waals surface area contributed by atoms with Gasteiger partial charge in [0.1, 0.15) is 11.3 Å². The Balaban J connectivity index is 2.29. The van der Waals surface area contributed by atoms with E-state index in [1.165, 1.54) is 24.4 Å². The van der Waals surface area contributed by atoms with Crippen molar-refractivity contribution >= 4 is 5.97 Å². The third kappa shape index (κ3) is 3.95. The molecule has 0 aliphatic carbocycles. The van der Waals surface area contributed by atoms with Gasteiger partial charge in [-0.25, -0.2) is 4.98 Å². The lowest BCUT2D eigenvalue weighted by Crippen LogP contribution is -2.08. The minimum Gasteiger partial charge on any atom is -0.481 e. The summed E-state index contributed by atoms with van der Waals surface area (Å²) in [4.78, 5) is 14.2. The molecule has 0 aliphatic heterocycles. The minimum absolute atomic E-state index is 0.0953. The highest BCUT2D eigenvalue weighted by Gasteiger charge is 2.35. The molecule has 7 heteroatoms. The first-order valence-electron chi connectivity index (χ1n) is 5.87. The van der Waals surface area contributed by atoms with Crippen LogP contribution in [-0.2, 0) is 17.4 Å². The van der Waals surface area contributed by atoms with Gasteiger partial charge in [-0.15, -0.1) is 0 Å². The molecular weight excluding hydrogens is 287 g/mol. The number of carboxylic acids is 1. The van der Waals surface area contributed by atoms with Crippen LogP contribution in [0.2, 0.25) is 0 Å². The van der Waals surface area contributed by atoms with Gasteiger partial charge in [0.2, 0.25) is 5.88 Å². The number of carboxylic acid groups (broad SMARTS) is 1. The molecule has 1 aromatic carbocycles. The average molecular weight is 297 g/mol. The van der Waals surface area contributed by atoms with Crippen LogP contribution < -0.4 is 4.74 Å².